The molecule has 1 aromatic heterocycles. The molecule has 0 amide bonds. The summed E-state index contributed by atoms with van der Waals surface area (Å²) >= 11 is 0. The maximum Gasteiger partial charge on any atom is 0.144 e. The van der Waals surface area contributed by atoms with Gasteiger partial charge in [0.25, 0.3) is 0 Å². The first kappa shape index (κ1) is 14.0. The van der Waals surface area contributed by atoms with Crippen LogP contribution in [-0.2, 0) is 0 Å². The third kappa shape index (κ3) is 3.77. The molecule has 1 fully saturated rings. The first-order chi connectivity index (χ1) is 9.20. The highest BCUT2D eigenvalue weighted by molar-refractivity contribution is 5.99. The number of nitrogens with two attached hydrogens (primary N) is 1. The summed E-state index contributed by atoms with van der Waals surface area (Å²) in [5, 5.41) is 0. The molecule has 104 valence electrons. The summed E-state index contributed by atoms with van der Waals surface area (Å²) in [5.41, 5.74) is 5.77. The molecular formula is C15H24N4. The van der Waals surface area contributed by atoms with Crippen molar-refractivity contribution in [3.05, 3.63) is 29.1 Å². The van der Waals surface area contributed by atoms with Crippen molar-refractivity contribution in [1.82, 2.24) is 10.4 Å². The summed E-state index contributed by atoms with van der Waals surface area (Å²) in [6.07, 6.45) is 7.56. The number of hydrogen-bond donors (Lipinski definition) is 2. The summed E-state index contributed by atoms with van der Waals surface area (Å²) in [6.45, 7) is 4.00. The number of aliphatic imine (C=N–C) groups is 1. The van der Waals surface area contributed by atoms with Gasteiger partial charge in [-0.3, -0.25) is 9.98 Å². The molecule has 0 bridgehead atoms. The number of pyridine rings is 1. The van der Waals surface area contributed by atoms with Crippen molar-refractivity contribution < 1.29 is 0 Å². The van der Waals surface area contributed by atoms with Crippen LogP contribution in [0.3, 0.4) is 0 Å². The van der Waals surface area contributed by atoms with Gasteiger partial charge < -0.3 is 5.43 Å². The number of nitrogens with one attached hydrogen (secondary N) is 1. The zero-order chi connectivity index (χ0) is 13.7. The Balaban J connectivity index is 2.22. The summed E-state index contributed by atoms with van der Waals surface area (Å²) in [5.74, 6) is 6.43. The van der Waals surface area contributed by atoms with Crippen LogP contribution in [0.15, 0.2) is 17.1 Å². The van der Waals surface area contributed by atoms with E-state index in [1.807, 2.05) is 26.0 Å². The maximum atomic E-state index is 5.66. The number of hydrazine groups is 1. The van der Waals surface area contributed by atoms with Crippen LogP contribution >= 0.6 is 0 Å². The van der Waals surface area contributed by atoms with E-state index in [4.69, 9.17) is 10.8 Å². The van der Waals surface area contributed by atoms with Crippen LogP contribution in [0.1, 0.15) is 55.5 Å². The summed E-state index contributed by atoms with van der Waals surface area (Å²) in [4.78, 5) is 9.29. The topological polar surface area (TPSA) is 63.3 Å². The molecule has 1 saturated carbocycles. The van der Waals surface area contributed by atoms with Crippen molar-refractivity contribution in [3.63, 3.8) is 0 Å². The monoisotopic (exact) mass is 260 g/mol. The van der Waals surface area contributed by atoms with E-state index < -0.39 is 0 Å². The number of rotatable bonds is 2. The van der Waals surface area contributed by atoms with Gasteiger partial charge in [-0.2, -0.15) is 0 Å². The molecule has 0 unspecified atom stereocenters. The van der Waals surface area contributed by atoms with Gasteiger partial charge in [-0.05, 0) is 38.8 Å². The van der Waals surface area contributed by atoms with Crippen molar-refractivity contribution in [1.29, 1.82) is 0 Å². The third-order valence-electron chi connectivity index (χ3n) is 3.75. The molecule has 0 spiro atoms. The van der Waals surface area contributed by atoms with Gasteiger partial charge in [-0.15, -0.1) is 0 Å². The van der Waals surface area contributed by atoms with Gasteiger partial charge in [0.2, 0.25) is 0 Å². The minimum Gasteiger partial charge on any atom is -0.308 e. The Morgan fingerprint density at radius 3 is 2.47 bits per heavy atom. The lowest BCUT2D eigenvalue weighted by atomic mass is 10.1. The molecule has 1 aliphatic rings. The van der Waals surface area contributed by atoms with Crippen molar-refractivity contribution in [2.75, 3.05) is 0 Å². The molecule has 4 heteroatoms. The standard InChI is InChI=1S/C15H24N4/c1-11-9-10-14(12(2)17-11)15(19-16)18-13-7-5-3-4-6-8-13/h9-10,13H,3-8,16H2,1-2H3,(H,18,19). The third-order valence-corrected chi connectivity index (χ3v) is 3.75. The summed E-state index contributed by atoms with van der Waals surface area (Å²) in [6, 6.07) is 4.45. The molecular weight excluding hydrogens is 236 g/mol. The normalized spacial score (nSPS) is 18.2. The van der Waals surface area contributed by atoms with Gasteiger partial charge in [0, 0.05) is 17.0 Å². The maximum absolute atomic E-state index is 5.66. The van der Waals surface area contributed by atoms with Crippen LogP contribution in [0, 0.1) is 13.8 Å². The zero-order valence-corrected chi connectivity index (χ0v) is 11.9. The molecule has 0 aromatic carbocycles. The van der Waals surface area contributed by atoms with Gasteiger partial charge >= 0.3 is 0 Å². The van der Waals surface area contributed by atoms with Crippen molar-refractivity contribution in [2.45, 2.75) is 58.4 Å². The van der Waals surface area contributed by atoms with E-state index in [0.29, 0.717) is 6.04 Å². The summed E-state index contributed by atoms with van der Waals surface area (Å²) < 4.78 is 0. The first-order valence-electron chi connectivity index (χ1n) is 7.19. The molecule has 1 aliphatic carbocycles. The molecule has 0 saturated heterocycles. The molecule has 4 nitrogen and oxygen atoms in total. The fourth-order valence-electron chi connectivity index (χ4n) is 2.69. The minimum absolute atomic E-state index is 0.397. The quantitative estimate of drug-likeness (QED) is 0.282. The summed E-state index contributed by atoms with van der Waals surface area (Å²) in [7, 11) is 0. The highest BCUT2D eigenvalue weighted by Gasteiger charge is 2.14. The Bertz CT molecular complexity index is 445. The predicted octanol–water partition coefficient (Wildman–Crippen LogP) is 2.63. The van der Waals surface area contributed by atoms with Crippen LogP contribution in [0.5, 0.6) is 0 Å². The SMILES string of the molecule is Cc1ccc(C(=NC2CCCCCC2)NN)c(C)n1. The largest absolute Gasteiger partial charge is 0.308 e. The Morgan fingerprint density at radius 1 is 1.21 bits per heavy atom. The molecule has 0 atom stereocenters. The Morgan fingerprint density at radius 2 is 1.89 bits per heavy atom. The average molecular weight is 260 g/mol. The predicted molar refractivity (Wildman–Crippen MR) is 79.1 cm³/mol. The van der Waals surface area contributed by atoms with E-state index in [2.05, 4.69) is 10.4 Å². The van der Waals surface area contributed by atoms with Gasteiger partial charge in [0.1, 0.15) is 5.84 Å². The van der Waals surface area contributed by atoms with Gasteiger partial charge in [-0.1, -0.05) is 25.7 Å². The van der Waals surface area contributed by atoms with Crippen LogP contribution in [0.25, 0.3) is 0 Å². The molecule has 3 N–H and O–H groups in total. The van der Waals surface area contributed by atoms with E-state index in [9.17, 15) is 0 Å². The number of hydrogen-bond acceptors (Lipinski definition) is 3. The van der Waals surface area contributed by atoms with E-state index in [0.717, 1.165) is 22.8 Å². The van der Waals surface area contributed by atoms with Crippen LogP contribution in [0.4, 0.5) is 0 Å². The second-order valence-corrected chi connectivity index (χ2v) is 5.35. The lowest BCUT2D eigenvalue weighted by molar-refractivity contribution is 0.583. The van der Waals surface area contributed by atoms with E-state index in [1.165, 1.54) is 38.5 Å². The smallest absolute Gasteiger partial charge is 0.144 e. The molecule has 0 aliphatic heterocycles. The molecule has 19 heavy (non-hydrogen) atoms. The number of aryl methyl sites for hydroxylation is 2. The van der Waals surface area contributed by atoms with E-state index in [-0.39, 0.29) is 0 Å². The van der Waals surface area contributed by atoms with E-state index >= 15 is 0 Å². The van der Waals surface area contributed by atoms with Crippen LogP contribution in [-0.4, -0.2) is 16.9 Å². The van der Waals surface area contributed by atoms with E-state index in [1.54, 1.807) is 0 Å². The highest BCUT2D eigenvalue weighted by Crippen LogP contribution is 2.20. The molecule has 1 heterocycles. The Hall–Kier alpha value is -1.42. The fourth-order valence-corrected chi connectivity index (χ4v) is 2.69. The number of amidine groups is 1. The highest BCUT2D eigenvalue weighted by atomic mass is 15.3. The van der Waals surface area contributed by atoms with Gasteiger partial charge in [-0.25, -0.2) is 5.84 Å². The minimum atomic E-state index is 0.397. The average Bonchev–Trinajstić information content (AvgIpc) is 2.65. The zero-order valence-electron chi connectivity index (χ0n) is 11.9. The Labute approximate surface area is 115 Å². The van der Waals surface area contributed by atoms with Crippen LogP contribution in [0.2, 0.25) is 0 Å². The lowest BCUT2D eigenvalue weighted by Gasteiger charge is -2.14. The fraction of sp³-hybridized carbons (Fsp3) is 0.600. The second kappa shape index (κ2) is 6.66. The van der Waals surface area contributed by atoms with Gasteiger partial charge in [0.05, 0.1) is 6.04 Å². The van der Waals surface area contributed by atoms with Crippen molar-refractivity contribution >= 4 is 5.84 Å². The lowest BCUT2D eigenvalue weighted by Crippen LogP contribution is -2.33. The van der Waals surface area contributed by atoms with Crippen LogP contribution < -0.4 is 11.3 Å². The number of aromatic nitrogens is 1. The molecule has 1 aromatic rings. The van der Waals surface area contributed by atoms with Crippen molar-refractivity contribution in [3.8, 4) is 0 Å². The second-order valence-electron chi connectivity index (χ2n) is 5.35. The molecule has 0 radical (unpaired) electrons. The molecule has 2 rings (SSSR count). The first-order valence-corrected chi connectivity index (χ1v) is 7.19. The number of nitrogens with zero attached hydrogens (tertiary/aromatic N) is 2. The Kier molecular flexibility index (Phi) is 4.91. The van der Waals surface area contributed by atoms with Crippen molar-refractivity contribution in [2.24, 2.45) is 10.8 Å². The van der Waals surface area contributed by atoms with Gasteiger partial charge in [0.15, 0.2) is 0 Å².